The molecule has 1 rings (SSSR count). The first kappa shape index (κ1) is 16.7. The van der Waals surface area contributed by atoms with Crippen LogP contribution in [0.1, 0.15) is 26.7 Å². The minimum atomic E-state index is -0.474. The second-order valence-electron chi connectivity index (χ2n) is 4.18. The van der Waals surface area contributed by atoms with Gasteiger partial charge in [0, 0.05) is 13.0 Å². The van der Waals surface area contributed by atoms with Crippen molar-refractivity contribution in [3.05, 3.63) is 28.3 Å². The van der Waals surface area contributed by atoms with Crippen molar-refractivity contribution >= 4 is 17.3 Å². The van der Waals surface area contributed by atoms with Gasteiger partial charge in [-0.15, -0.1) is 0 Å². The maximum absolute atomic E-state index is 11.2. The van der Waals surface area contributed by atoms with Crippen molar-refractivity contribution in [1.82, 2.24) is 0 Å². The molecule has 0 aromatic heterocycles. The Bertz CT molecular complexity index is 490. The topological polar surface area (TPSA) is 90.7 Å². The summed E-state index contributed by atoms with van der Waals surface area (Å²) >= 11 is 0. The van der Waals surface area contributed by atoms with E-state index in [1.807, 2.05) is 0 Å². The summed E-state index contributed by atoms with van der Waals surface area (Å²) < 4.78 is 10.1. The van der Waals surface area contributed by atoms with Gasteiger partial charge in [-0.3, -0.25) is 14.9 Å². The third kappa shape index (κ3) is 5.29. The number of nitrogens with zero attached hydrogens (tertiary/aromatic N) is 1. The maximum Gasteiger partial charge on any atom is 0.333 e. The Morgan fingerprint density at radius 1 is 1.33 bits per heavy atom. The molecule has 0 amide bonds. The van der Waals surface area contributed by atoms with Crippen LogP contribution in [0.2, 0.25) is 0 Å². The van der Waals surface area contributed by atoms with Crippen LogP contribution in [0.4, 0.5) is 11.4 Å². The van der Waals surface area contributed by atoms with E-state index >= 15 is 0 Å². The van der Waals surface area contributed by atoms with Gasteiger partial charge < -0.3 is 14.8 Å². The first-order chi connectivity index (χ1) is 10.1. The van der Waals surface area contributed by atoms with Gasteiger partial charge in [0.1, 0.15) is 5.69 Å². The summed E-state index contributed by atoms with van der Waals surface area (Å²) in [6.45, 7) is 4.67. The number of nitro groups is 1. The van der Waals surface area contributed by atoms with Crippen molar-refractivity contribution in [3.63, 3.8) is 0 Å². The largest absolute Gasteiger partial charge is 0.487 e. The average molecular weight is 296 g/mol. The number of hydrogen-bond acceptors (Lipinski definition) is 6. The fourth-order valence-electron chi connectivity index (χ4n) is 1.81. The number of rotatable bonds is 9. The normalized spacial score (nSPS) is 10.0. The zero-order chi connectivity index (χ0) is 15.7. The number of para-hydroxylation sites is 1. The summed E-state index contributed by atoms with van der Waals surface area (Å²) in [5.41, 5.74) is 0.297. The number of ether oxygens (including phenoxy) is 2. The summed E-state index contributed by atoms with van der Waals surface area (Å²) in [6, 6.07) is 4.86. The van der Waals surface area contributed by atoms with Crippen LogP contribution in [0.25, 0.3) is 0 Å². The molecular formula is C14H20N2O5. The minimum absolute atomic E-state index is 0.0875. The molecule has 0 saturated heterocycles. The van der Waals surface area contributed by atoms with E-state index in [-0.39, 0.29) is 23.8 Å². The molecule has 1 N–H and O–H groups in total. The maximum atomic E-state index is 11.2. The minimum Gasteiger partial charge on any atom is -0.487 e. The van der Waals surface area contributed by atoms with Crippen LogP contribution >= 0.6 is 0 Å². The summed E-state index contributed by atoms with van der Waals surface area (Å²) in [6.07, 6.45) is 0.814. The number of hydrogen-bond donors (Lipinski definition) is 1. The molecule has 0 aliphatic heterocycles. The number of benzene rings is 1. The first-order valence-corrected chi connectivity index (χ1v) is 6.89. The highest BCUT2D eigenvalue weighted by Gasteiger charge is 2.20. The highest BCUT2D eigenvalue weighted by Crippen LogP contribution is 2.34. The Kier molecular flexibility index (Phi) is 7.00. The smallest absolute Gasteiger partial charge is 0.333 e. The number of nitrogens with one attached hydrogen (secondary N) is 1. The molecule has 0 saturated carbocycles. The molecule has 116 valence electrons. The fraction of sp³-hybridized carbons (Fsp3) is 0.500. The Morgan fingerprint density at radius 2 is 2.10 bits per heavy atom. The number of nitro benzene ring substituents is 1. The molecule has 0 spiro atoms. The van der Waals surface area contributed by atoms with Gasteiger partial charge in [0.25, 0.3) is 0 Å². The van der Waals surface area contributed by atoms with Gasteiger partial charge in [0.15, 0.2) is 5.75 Å². The third-order valence-corrected chi connectivity index (χ3v) is 2.66. The van der Waals surface area contributed by atoms with E-state index in [1.54, 1.807) is 32.0 Å². The van der Waals surface area contributed by atoms with Crippen LogP contribution in [-0.2, 0) is 9.53 Å². The lowest BCUT2D eigenvalue weighted by Gasteiger charge is -2.10. The number of anilines is 1. The van der Waals surface area contributed by atoms with Gasteiger partial charge in [0.2, 0.25) is 0 Å². The first-order valence-electron chi connectivity index (χ1n) is 6.89. The van der Waals surface area contributed by atoms with Gasteiger partial charge in [-0.05, 0) is 32.4 Å². The lowest BCUT2D eigenvalue weighted by molar-refractivity contribution is -0.384. The molecule has 7 heteroatoms. The van der Waals surface area contributed by atoms with Gasteiger partial charge in [0.05, 0.1) is 18.1 Å². The van der Waals surface area contributed by atoms with E-state index in [0.717, 1.165) is 0 Å². The molecule has 1 aromatic rings. The SMILES string of the molecule is CCOC(=O)CCCNc1cccc(OCC)c1[N+](=O)[O-]. The monoisotopic (exact) mass is 296 g/mol. The zero-order valence-electron chi connectivity index (χ0n) is 12.3. The molecule has 0 unspecified atom stereocenters. The molecule has 0 aliphatic rings. The molecule has 1 aromatic carbocycles. The quantitative estimate of drug-likeness (QED) is 0.326. The van der Waals surface area contributed by atoms with Crippen molar-refractivity contribution in [2.45, 2.75) is 26.7 Å². The molecule has 21 heavy (non-hydrogen) atoms. The Balaban J connectivity index is 2.64. The number of carbonyl (C=O) groups is 1. The molecule has 0 fully saturated rings. The van der Waals surface area contributed by atoms with E-state index in [4.69, 9.17) is 9.47 Å². The standard InChI is InChI=1S/C14H20N2O5/c1-3-20-12-8-5-7-11(14(12)16(18)19)15-10-6-9-13(17)21-4-2/h5,7-8,15H,3-4,6,9-10H2,1-2H3. The second kappa shape index (κ2) is 8.78. The van der Waals surface area contributed by atoms with Crippen molar-refractivity contribution in [1.29, 1.82) is 0 Å². The molecule has 7 nitrogen and oxygen atoms in total. The second-order valence-corrected chi connectivity index (χ2v) is 4.18. The highest BCUT2D eigenvalue weighted by molar-refractivity contribution is 5.70. The predicted octanol–water partition coefficient (Wildman–Crippen LogP) is 2.75. The van der Waals surface area contributed by atoms with E-state index in [9.17, 15) is 14.9 Å². The van der Waals surface area contributed by atoms with E-state index in [0.29, 0.717) is 31.9 Å². The van der Waals surface area contributed by atoms with Crippen LogP contribution in [0.3, 0.4) is 0 Å². The van der Waals surface area contributed by atoms with Crippen molar-refractivity contribution in [3.8, 4) is 5.75 Å². The van der Waals surface area contributed by atoms with Gasteiger partial charge in [-0.25, -0.2) is 0 Å². The summed E-state index contributed by atoms with van der Waals surface area (Å²) in [7, 11) is 0. The predicted molar refractivity (Wildman–Crippen MR) is 78.6 cm³/mol. The average Bonchev–Trinajstić information content (AvgIpc) is 2.44. The Hall–Kier alpha value is -2.31. The van der Waals surface area contributed by atoms with Crippen LogP contribution in [0.5, 0.6) is 5.75 Å². The third-order valence-electron chi connectivity index (χ3n) is 2.66. The van der Waals surface area contributed by atoms with E-state index in [1.165, 1.54) is 0 Å². The molecule has 0 aliphatic carbocycles. The van der Waals surface area contributed by atoms with Crippen LogP contribution in [0.15, 0.2) is 18.2 Å². The summed E-state index contributed by atoms with van der Waals surface area (Å²) in [5.74, 6) is -0.0326. The number of carbonyl (C=O) groups excluding carboxylic acids is 1. The molecule has 0 atom stereocenters. The lowest BCUT2D eigenvalue weighted by atomic mass is 10.2. The summed E-state index contributed by atoms with van der Waals surface area (Å²) in [4.78, 5) is 21.9. The van der Waals surface area contributed by atoms with Crippen molar-refractivity contribution < 1.29 is 19.2 Å². The molecular weight excluding hydrogens is 276 g/mol. The highest BCUT2D eigenvalue weighted by atomic mass is 16.6. The summed E-state index contributed by atoms with van der Waals surface area (Å²) in [5, 5.41) is 14.1. The van der Waals surface area contributed by atoms with Crippen molar-refractivity contribution in [2.75, 3.05) is 25.1 Å². The van der Waals surface area contributed by atoms with Gasteiger partial charge in [-0.1, -0.05) is 6.07 Å². The van der Waals surface area contributed by atoms with Crippen LogP contribution in [0, 0.1) is 10.1 Å². The van der Waals surface area contributed by atoms with Gasteiger partial charge in [-0.2, -0.15) is 0 Å². The Labute approximate surface area is 123 Å². The van der Waals surface area contributed by atoms with Crippen molar-refractivity contribution in [2.24, 2.45) is 0 Å². The lowest BCUT2D eigenvalue weighted by Crippen LogP contribution is -2.09. The molecule has 0 heterocycles. The van der Waals surface area contributed by atoms with Crippen LogP contribution < -0.4 is 10.1 Å². The van der Waals surface area contributed by atoms with Crippen LogP contribution in [-0.4, -0.2) is 30.7 Å². The van der Waals surface area contributed by atoms with E-state index in [2.05, 4.69) is 5.32 Å². The Morgan fingerprint density at radius 3 is 2.71 bits per heavy atom. The zero-order valence-corrected chi connectivity index (χ0v) is 12.3. The van der Waals surface area contributed by atoms with Gasteiger partial charge >= 0.3 is 11.7 Å². The molecule has 0 radical (unpaired) electrons. The van der Waals surface area contributed by atoms with E-state index < -0.39 is 4.92 Å². The fourth-order valence-corrected chi connectivity index (χ4v) is 1.81. The molecule has 0 bridgehead atoms. The number of esters is 1.